The van der Waals surface area contributed by atoms with Crippen LogP contribution in [0, 0.1) is 12.7 Å². The molecule has 0 unspecified atom stereocenters. The molecule has 7 heteroatoms. The first-order chi connectivity index (χ1) is 11.5. The highest BCUT2D eigenvalue weighted by atomic mass is 19.1. The van der Waals surface area contributed by atoms with Crippen LogP contribution in [-0.4, -0.2) is 25.0 Å². The number of amides is 2. The molecule has 3 rings (SSSR count). The number of nitrogens with one attached hydrogen (secondary N) is 2. The Balaban J connectivity index is 1.64. The van der Waals surface area contributed by atoms with E-state index in [2.05, 4.69) is 10.9 Å². The summed E-state index contributed by atoms with van der Waals surface area (Å²) in [6, 6.07) is 8.79. The van der Waals surface area contributed by atoms with Crippen molar-refractivity contribution < 1.29 is 23.5 Å². The molecule has 0 atom stereocenters. The Morgan fingerprint density at radius 2 is 1.50 bits per heavy atom. The molecule has 2 N–H and O–H groups in total. The van der Waals surface area contributed by atoms with Crippen LogP contribution in [0.1, 0.15) is 26.3 Å². The van der Waals surface area contributed by atoms with Gasteiger partial charge in [-0.3, -0.25) is 20.4 Å². The van der Waals surface area contributed by atoms with Crippen LogP contribution in [0.5, 0.6) is 11.5 Å². The van der Waals surface area contributed by atoms with Crippen molar-refractivity contribution in [3.05, 3.63) is 58.9 Å². The van der Waals surface area contributed by atoms with Gasteiger partial charge in [0, 0.05) is 11.1 Å². The van der Waals surface area contributed by atoms with Crippen LogP contribution in [-0.2, 0) is 0 Å². The Morgan fingerprint density at radius 1 is 0.917 bits per heavy atom. The maximum Gasteiger partial charge on any atom is 0.269 e. The summed E-state index contributed by atoms with van der Waals surface area (Å²) in [5.74, 6) is -0.577. The van der Waals surface area contributed by atoms with Gasteiger partial charge in [0.15, 0.2) is 11.5 Å². The summed E-state index contributed by atoms with van der Waals surface area (Å²) >= 11 is 0. The maximum absolute atomic E-state index is 13.5. The molecule has 2 aromatic rings. The average Bonchev–Trinajstić information content (AvgIpc) is 2.61. The van der Waals surface area contributed by atoms with Crippen LogP contribution in [0.2, 0.25) is 0 Å². The lowest BCUT2D eigenvalue weighted by atomic mass is 10.1. The molecule has 1 aliphatic rings. The first-order valence-electron chi connectivity index (χ1n) is 7.31. The third-order valence-corrected chi connectivity index (χ3v) is 3.53. The Hall–Kier alpha value is -3.09. The van der Waals surface area contributed by atoms with Crippen molar-refractivity contribution >= 4 is 11.8 Å². The number of carbonyl (C=O) groups excluding carboxylic acids is 2. The number of hydrazine groups is 1. The van der Waals surface area contributed by atoms with E-state index in [1.807, 2.05) is 0 Å². The third kappa shape index (κ3) is 3.29. The lowest BCUT2D eigenvalue weighted by Crippen LogP contribution is -2.41. The number of hydrogen-bond acceptors (Lipinski definition) is 4. The predicted octanol–water partition coefficient (Wildman–Crippen LogP) is 1.98. The van der Waals surface area contributed by atoms with Gasteiger partial charge in [-0.05, 0) is 42.8 Å². The second kappa shape index (κ2) is 6.57. The fourth-order valence-corrected chi connectivity index (χ4v) is 2.18. The number of hydrogen-bond donors (Lipinski definition) is 2. The number of carbonyl (C=O) groups is 2. The summed E-state index contributed by atoms with van der Waals surface area (Å²) < 4.78 is 24.2. The molecule has 24 heavy (non-hydrogen) atoms. The molecule has 2 aromatic carbocycles. The van der Waals surface area contributed by atoms with Crippen molar-refractivity contribution in [2.24, 2.45) is 0 Å². The van der Waals surface area contributed by atoms with Crippen molar-refractivity contribution in [1.82, 2.24) is 10.9 Å². The van der Waals surface area contributed by atoms with E-state index in [-0.39, 0.29) is 5.56 Å². The van der Waals surface area contributed by atoms with Gasteiger partial charge in [0.2, 0.25) is 0 Å². The molecule has 2 amide bonds. The molecular formula is C17H15FN2O4. The molecule has 0 bridgehead atoms. The zero-order valence-corrected chi connectivity index (χ0v) is 12.9. The minimum atomic E-state index is -0.611. The molecule has 0 spiro atoms. The molecule has 0 saturated carbocycles. The zero-order valence-electron chi connectivity index (χ0n) is 12.9. The van der Waals surface area contributed by atoms with E-state index in [1.165, 1.54) is 18.2 Å². The van der Waals surface area contributed by atoms with Crippen molar-refractivity contribution in [1.29, 1.82) is 0 Å². The first-order valence-corrected chi connectivity index (χ1v) is 7.31. The van der Waals surface area contributed by atoms with Gasteiger partial charge in [-0.25, -0.2) is 4.39 Å². The van der Waals surface area contributed by atoms with E-state index in [4.69, 9.17) is 9.47 Å². The van der Waals surface area contributed by atoms with Gasteiger partial charge in [0.1, 0.15) is 19.0 Å². The molecule has 0 aromatic heterocycles. The highest BCUT2D eigenvalue weighted by molar-refractivity contribution is 5.99. The molecule has 0 fully saturated rings. The third-order valence-electron chi connectivity index (χ3n) is 3.53. The monoisotopic (exact) mass is 330 g/mol. The van der Waals surface area contributed by atoms with E-state index in [1.54, 1.807) is 19.1 Å². The van der Waals surface area contributed by atoms with Crippen LogP contribution < -0.4 is 20.3 Å². The minimum Gasteiger partial charge on any atom is -0.486 e. The summed E-state index contributed by atoms with van der Waals surface area (Å²) in [5.41, 5.74) is 5.38. The summed E-state index contributed by atoms with van der Waals surface area (Å²) in [4.78, 5) is 24.0. The van der Waals surface area contributed by atoms with Gasteiger partial charge in [0.25, 0.3) is 11.8 Å². The van der Waals surface area contributed by atoms with Gasteiger partial charge in [-0.1, -0.05) is 6.07 Å². The SMILES string of the molecule is Cc1ccc(C(=O)NNC(=O)c2ccc3c(c2)OCCO3)cc1F. The molecule has 6 nitrogen and oxygen atoms in total. The number of halogens is 1. The number of ether oxygens (including phenoxy) is 2. The number of rotatable bonds is 2. The molecule has 1 aliphatic heterocycles. The molecular weight excluding hydrogens is 315 g/mol. The zero-order chi connectivity index (χ0) is 17.1. The van der Waals surface area contributed by atoms with Crippen LogP contribution >= 0.6 is 0 Å². The summed E-state index contributed by atoms with van der Waals surface area (Å²) in [6.45, 7) is 2.47. The van der Waals surface area contributed by atoms with E-state index in [9.17, 15) is 14.0 Å². The maximum atomic E-state index is 13.5. The fourth-order valence-electron chi connectivity index (χ4n) is 2.18. The van der Waals surface area contributed by atoms with E-state index >= 15 is 0 Å². The number of aryl methyl sites for hydroxylation is 1. The second-order valence-corrected chi connectivity index (χ2v) is 5.23. The van der Waals surface area contributed by atoms with E-state index in [0.29, 0.717) is 35.8 Å². The van der Waals surface area contributed by atoms with Gasteiger partial charge in [-0.2, -0.15) is 0 Å². The van der Waals surface area contributed by atoms with Crippen molar-refractivity contribution in [2.45, 2.75) is 6.92 Å². The van der Waals surface area contributed by atoms with Gasteiger partial charge in [0.05, 0.1) is 0 Å². The Labute approximate surface area is 137 Å². The lowest BCUT2D eigenvalue weighted by Gasteiger charge is -2.18. The second-order valence-electron chi connectivity index (χ2n) is 5.23. The van der Waals surface area contributed by atoms with Crippen LogP contribution in [0.25, 0.3) is 0 Å². The fraction of sp³-hybridized carbons (Fsp3) is 0.176. The number of benzene rings is 2. The highest BCUT2D eigenvalue weighted by Crippen LogP contribution is 2.30. The van der Waals surface area contributed by atoms with Crippen LogP contribution in [0.15, 0.2) is 36.4 Å². The molecule has 1 heterocycles. The quantitative estimate of drug-likeness (QED) is 0.826. The van der Waals surface area contributed by atoms with Gasteiger partial charge < -0.3 is 9.47 Å². The molecule has 0 saturated heterocycles. The number of fused-ring (bicyclic) bond motifs is 1. The van der Waals surface area contributed by atoms with E-state index in [0.717, 1.165) is 6.07 Å². The Kier molecular flexibility index (Phi) is 4.33. The molecule has 0 radical (unpaired) electrons. The topological polar surface area (TPSA) is 76.7 Å². The average molecular weight is 330 g/mol. The van der Waals surface area contributed by atoms with Crippen LogP contribution in [0.4, 0.5) is 4.39 Å². The van der Waals surface area contributed by atoms with Crippen molar-refractivity contribution in [3.63, 3.8) is 0 Å². The smallest absolute Gasteiger partial charge is 0.269 e. The Bertz CT molecular complexity index is 807. The molecule has 0 aliphatic carbocycles. The summed E-state index contributed by atoms with van der Waals surface area (Å²) in [5, 5.41) is 0. The summed E-state index contributed by atoms with van der Waals surface area (Å²) in [6.07, 6.45) is 0. The Morgan fingerprint density at radius 3 is 2.17 bits per heavy atom. The predicted molar refractivity (Wildman–Crippen MR) is 83.5 cm³/mol. The highest BCUT2D eigenvalue weighted by Gasteiger charge is 2.16. The van der Waals surface area contributed by atoms with Crippen molar-refractivity contribution in [3.8, 4) is 11.5 Å². The minimum absolute atomic E-state index is 0.112. The summed E-state index contributed by atoms with van der Waals surface area (Å²) in [7, 11) is 0. The van der Waals surface area contributed by atoms with Crippen molar-refractivity contribution in [2.75, 3.05) is 13.2 Å². The van der Waals surface area contributed by atoms with Gasteiger partial charge in [-0.15, -0.1) is 0 Å². The largest absolute Gasteiger partial charge is 0.486 e. The first kappa shape index (κ1) is 15.8. The standard InChI is InChI=1S/C17H15FN2O4/c1-10-2-3-11(8-13(10)18)16(21)19-20-17(22)12-4-5-14-15(9-12)24-7-6-23-14/h2-5,8-9H,6-7H2,1H3,(H,19,21)(H,20,22). The van der Waals surface area contributed by atoms with Gasteiger partial charge >= 0.3 is 0 Å². The van der Waals surface area contributed by atoms with Crippen LogP contribution in [0.3, 0.4) is 0 Å². The molecule has 124 valence electrons. The normalized spacial score (nSPS) is 12.4. The van der Waals surface area contributed by atoms with E-state index < -0.39 is 17.6 Å². The lowest BCUT2D eigenvalue weighted by molar-refractivity contribution is 0.0846.